The van der Waals surface area contributed by atoms with Crippen molar-refractivity contribution in [3.63, 3.8) is 0 Å². The van der Waals surface area contributed by atoms with Crippen LogP contribution in [0.25, 0.3) is 5.70 Å². The maximum Gasteiger partial charge on any atom is 0.0989 e. The Hall–Kier alpha value is -1.09. The quantitative estimate of drug-likeness (QED) is 0.738. The molecule has 1 N–H and O–H groups in total. The van der Waals surface area contributed by atoms with Crippen molar-refractivity contribution in [2.75, 3.05) is 0 Å². The van der Waals surface area contributed by atoms with Crippen LogP contribution in [0.3, 0.4) is 0 Å². The van der Waals surface area contributed by atoms with E-state index >= 15 is 0 Å². The van der Waals surface area contributed by atoms with Crippen LogP contribution in [-0.2, 0) is 0 Å². The van der Waals surface area contributed by atoms with Crippen molar-refractivity contribution in [1.82, 2.24) is 9.55 Å². The Morgan fingerprint density at radius 2 is 2.36 bits per heavy atom. The number of nitrogens with zero attached hydrogens (tertiary/aromatic N) is 2. The smallest absolute Gasteiger partial charge is 0.0989 e. The van der Waals surface area contributed by atoms with Gasteiger partial charge in [-0.05, 0) is 24.3 Å². The zero-order valence-corrected chi connectivity index (χ0v) is 8.64. The summed E-state index contributed by atoms with van der Waals surface area (Å²) in [6.07, 6.45) is 9.04. The summed E-state index contributed by atoms with van der Waals surface area (Å²) in [6.45, 7) is 4.19. The highest BCUT2D eigenvalue weighted by molar-refractivity contribution is 5.47. The van der Waals surface area contributed by atoms with Crippen LogP contribution in [0.15, 0.2) is 24.8 Å². The van der Waals surface area contributed by atoms with Gasteiger partial charge >= 0.3 is 0 Å². The van der Waals surface area contributed by atoms with E-state index in [0.29, 0.717) is 0 Å². The third-order valence-electron chi connectivity index (χ3n) is 3.01. The molecule has 1 heterocycles. The van der Waals surface area contributed by atoms with E-state index in [1.54, 1.807) is 12.5 Å². The summed E-state index contributed by atoms with van der Waals surface area (Å²) in [5.41, 5.74) is 1.15. The normalized spacial score (nSPS) is 25.9. The molecule has 1 unspecified atom stereocenters. The number of rotatable bonds is 1. The Kier molecular flexibility index (Phi) is 2.19. The van der Waals surface area contributed by atoms with E-state index in [2.05, 4.69) is 18.8 Å². The highest BCUT2D eigenvalue weighted by atomic mass is 16.3. The predicted octanol–water partition coefficient (Wildman–Crippen LogP) is 1.90. The summed E-state index contributed by atoms with van der Waals surface area (Å²) >= 11 is 0. The first-order chi connectivity index (χ1) is 6.59. The second-order valence-corrected chi connectivity index (χ2v) is 4.56. The van der Waals surface area contributed by atoms with E-state index in [4.69, 9.17) is 0 Å². The van der Waals surface area contributed by atoms with Crippen molar-refractivity contribution in [2.24, 2.45) is 5.41 Å². The molecule has 14 heavy (non-hydrogen) atoms. The van der Waals surface area contributed by atoms with Gasteiger partial charge in [0, 0.05) is 18.1 Å². The van der Waals surface area contributed by atoms with Crippen molar-refractivity contribution >= 4 is 5.70 Å². The SMILES string of the molecule is CC1(C)CCC(n2ccnc2)=CC1O. The van der Waals surface area contributed by atoms with Gasteiger partial charge in [0.1, 0.15) is 0 Å². The van der Waals surface area contributed by atoms with Crippen LogP contribution in [0.4, 0.5) is 0 Å². The molecule has 0 aliphatic heterocycles. The number of aliphatic hydroxyl groups excluding tert-OH is 1. The average Bonchev–Trinajstić information content (AvgIpc) is 2.62. The Balaban J connectivity index is 2.25. The molecule has 0 spiro atoms. The first-order valence-electron chi connectivity index (χ1n) is 4.97. The van der Waals surface area contributed by atoms with E-state index < -0.39 is 0 Å². The molecular weight excluding hydrogens is 176 g/mol. The molecule has 1 aliphatic carbocycles. The summed E-state index contributed by atoms with van der Waals surface area (Å²) in [5.74, 6) is 0. The summed E-state index contributed by atoms with van der Waals surface area (Å²) in [6, 6.07) is 0. The summed E-state index contributed by atoms with van der Waals surface area (Å²) in [7, 11) is 0. The van der Waals surface area contributed by atoms with Gasteiger partial charge in [-0.15, -0.1) is 0 Å². The maximum atomic E-state index is 9.90. The maximum absolute atomic E-state index is 9.90. The number of aliphatic hydroxyl groups is 1. The molecule has 0 radical (unpaired) electrons. The van der Waals surface area contributed by atoms with Crippen molar-refractivity contribution in [3.05, 3.63) is 24.8 Å². The van der Waals surface area contributed by atoms with Crippen molar-refractivity contribution in [1.29, 1.82) is 0 Å². The average molecular weight is 192 g/mol. The zero-order chi connectivity index (χ0) is 10.2. The number of hydrogen-bond acceptors (Lipinski definition) is 2. The van der Waals surface area contributed by atoms with Crippen molar-refractivity contribution in [3.8, 4) is 0 Å². The van der Waals surface area contributed by atoms with E-state index in [9.17, 15) is 5.11 Å². The standard InChI is InChI=1S/C11H16N2O/c1-11(2)4-3-9(7-10(11)14)13-6-5-12-8-13/h5-8,10,14H,3-4H2,1-2H3. The minimum absolute atomic E-state index is 0.00405. The second kappa shape index (κ2) is 3.24. The van der Waals surface area contributed by atoms with Gasteiger partial charge in [-0.1, -0.05) is 13.8 Å². The minimum atomic E-state index is -0.353. The highest BCUT2D eigenvalue weighted by Gasteiger charge is 2.30. The number of imidazole rings is 1. The van der Waals surface area contributed by atoms with Gasteiger partial charge in [0.05, 0.1) is 12.4 Å². The van der Waals surface area contributed by atoms with Gasteiger partial charge in [-0.25, -0.2) is 4.98 Å². The fraction of sp³-hybridized carbons (Fsp3) is 0.545. The third-order valence-corrected chi connectivity index (χ3v) is 3.01. The molecule has 1 aromatic heterocycles. The van der Waals surface area contributed by atoms with Gasteiger partial charge < -0.3 is 9.67 Å². The van der Waals surface area contributed by atoms with Gasteiger partial charge in [-0.2, -0.15) is 0 Å². The molecule has 3 nitrogen and oxygen atoms in total. The Labute approximate surface area is 84.1 Å². The zero-order valence-electron chi connectivity index (χ0n) is 8.64. The fourth-order valence-corrected chi connectivity index (χ4v) is 1.73. The van der Waals surface area contributed by atoms with Crippen LogP contribution < -0.4 is 0 Å². The minimum Gasteiger partial charge on any atom is -0.388 e. The lowest BCUT2D eigenvalue weighted by Gasteiger charge is -2.33. The van der Waals surface area contributed by atoms with Crippen LogP contribution >= 0.6 is 0 Å². The second-order valence-electron chi connectivity index (χ2n) is 4.56. The summed E-state index contributed by atoms with van der Waals surface area (Å²) < 4.78 is 1.97. The molecule has 0 amide bonds. The van der Waals surface area contributed by atoms with Gasteiger partial charge in [0.15, 0.2) is 0 Å². The van der Waals surface area contributed by atoms with E-state index in [1.807, 2.05) is 16.8 Å². The number of allylic oxidation sites excluding steroid dienone is 1. The molecule has 0 bridgehead atoms. The Morgan fingerprint density at radius 3 is 2.93 bits per heavy atom. The molecule has 1 atom stereocenters. The molecule has 1 aliphatic rings. The molecule has 0 saturated carbocycles. The largest absolute Gasteiger partial charge is 0.388 e. The van der Waals surface area contributed by atoms with Crippen molar-refractivity contribution < 1.29 is 5.11 Å². The number of hydrogen-bond donors (Lipinski definition) is 1. The molecule has 0 aromatic carbocycles. The van der Waals surface area contributed by atoms with Gasteiger partial charge in [-0.3, -0.25) is 0 Å². The van der Waals surface area contributed by atoms with E-state index in [1.165, 1.54) is 0 Å². The van der Waals surface area contributed by atoms with Gasteiger partial charge in [0.25, 0.3) is 0 Å². The van der Waals surface area contributed by atoms with Crippen LogP contribution in [0, 0.1) is 5.41 Å². The van der Waals surface area contributed by atoms with E-state index in [-0.39, 0.29) is 11.5 Å². The molecule has 0 saturated heterocycles. The highest BCUT2D eigenvalue weighted by Crippen LogP contribution is 2.35. The van der Waals surface area contributed by atoms with Crippen LogP contribution in [0.1, 0.15) is 26.7 Å². The van der Waals surface area contributed by atoms with Crippen LogP contribution in [0.2, 0.25) is 0 Å². The molecular formula is C11H16N2O. The topological polar surface area (TPSA) is 38.0 Å². The first-order valence-corrected chi connectivity index (χ1v) is 4.97. The molecule has 0 fully saturated rings. The lowest BCUT2D eigenvalue weighted by atomic mass is 9.77. The van der Waals surface area contributed by atoms with E-state index in [0.717, 1.165) is 18.5 Å². The molecule has 2 rings (SSSR count). The Morgan fingerprint density at radius 1 is 1.57 bits per heavy atom. The third kappa shape index (κ3) is 1.60. The number of aromatic nitrogens is 2. The lowest BCUT2D eigenvalue weighted by Crippen LogP contribution is -2.31. The monoisotopic (exact) mass is 192 g/mol. The summed E-state index contributed by atoms with van der Waals surface area (Å²) in [4.78, 5) is 4.00. The molecule has 1 aromatic rings. The van der Waals surface area contributed by atoms with Gasteiger partial charge in [0.2, 0.25) is 0 Å². The van der Waals surface area contributed by atoms with Crippen LogP contribution in [-0.4, -0.2) is 20.8 Å². The molecule has 3 heteroatoms. The fourth-order valence-electron chi connectivity index (χ4n) is 1.73. The predicted molar refractivity (Wildman–Crippen MR) is 55.5 cm³/mol. The molecule has 76 valence electrons. The van der Waals surface area contributed by atoms with Crippen molar-refractivity contribution in [2.45, 2.75) is 32.8 Å². The Bertz CT molecular complexity index is 338. The van der Waals surface area contributed by atoms with Crippen LogP contribution in [0.5, 0.6) is 0 Å². The summed E-state index contributed by atoms with van der Waals surface area (Å²) in [5, 5.41) is 9.90. The lowest BCUT2D eigenvalue weighted by molar-refractivity contribution is 0.0785. The first kappa shape index (κ1) is 9.46.